The normalized spacial score (nSPS) is 50.1. The summed E-state index contributed by atoms with van der Waals surface area (Å²) in [6, 6.07) is 0. The predicted octanol–water partition coefficient (Wildman–Crippen LogP) is 3.59. The average molecular weight is 250 g/mol. The van der Waals surface area contributed by atoms with Gasteiger partial charge in [0, 0.05) is 18.9 Å². The molecule has 0 saturated heterocycles. The van der Waals surface area contributed by atoms with Crippen LogP contribution in [0.5, 0.6) is 0 Å². The molecule has 2 bridgehead atoms. The van der Waals surface area contributed by atoms with E-state index in [1.54, 1.807) is 0 Å². The van der Waals surface area contributed by atoms with E-state index in [0.717, 1.165) is 31.6 Å². The molecular formula is C16H26O2. The minimum atomic E-state index is -0.109. The van der Waals surface area contributed by atoms with Gasteiger partial charge < -0.3 is 4.74 Å². The second-order valence-electron chi connectivity index (χ2n) is 7.87. The molecule has 0 N–H and O–H groups in total. The van der Waals surface area contributed by atoms with Crippen LogP contribution in [0.4, 0.5) is 0 Å². The molecule has 3 saturated carbocycles. The van der Waals surface area contributed by atoms with Crippen LogP contribution >= 0.6 is 0 Å². The van der Waals surface area contributed by atoms with Gasteiger partial charge in [-0.15, -0.1) is 0 Å². The Balaban J connectivity index is 1.98. The Labute approximate surface area is 110 Å². The van der Waals surface area contributed by atoms with Crippen molar-refractivity contribution in [3.63, 3.8) is 0 Å². The molecule has 102 valence electrons. The van der Waals surface area contributed by atoms with Gasteiger partial charge >= 0.3 is 0 Å². The lowest BCUT2D eigenvalue weighted by atomic mass is 9.49. The van der Waals surface area contributed by atoms with Crippen LogP contribution in [0.3, 0.4) is 0 Å². The van der Waals surface area contributed by atoms with E-state index in [-0.39, 0.29) is 11.0 Å². The van der Waals surface area contributed by atoms with E-state index in [1.807, 2.05) is 7.11 Å². The van der Waals surface area contributed by atoms with E-state index < -0.39 is 0 Å². The number of ether oxygens (including phenoxy) is 1. The summed E-state index contributed by atoms with van der Waals surface area (Å²) in [5, 5.41) is 0. The molecule has 3 aliphatic rings. The van der Waals surface area contributed by atoms with Crippen LogP contribution in [0.15, 0.2) is 0 Å². The van der Waals surface area contributed by atoms with Gasteiger partial charge in [-0.25, -0.2) is 0 Å². The topological polar surface area (TPSA) is 26.3 Å². The van der Waals surface area contributed by atoms with Gasteiger partial charge in [0.1, 0.15) is 5.78 Å². The van der Waals surface area contributed by atoms with Crippen molar-refractivity contribution in [3.8, 4) is 0 Å². The van der Waals surface area contributed by atoms with Crippen LogP contribution in [0.2, 0.25) is 0 Å². The molecule has 0 aliphatic heterocycles. The van der Waals surface area contributed by atoms with E-state index in [1.165, 1.54) is 12.8 Å². The van der Waals surface area contributed by atoms with E-state index in [4.69, 9.17) is 4.74 Å². The molecule has 0 aromatic heterocycles. The minimum Gasteiger partial charge on any atom is -0.378 e. The molecule has 0 aromatic rings. The molecule has 18 heavy (non-hydrogen) atoms. The van der Waals surface area contributed by atoms with Crippen molar-refractivity contribution in [1.82, 2.24) is 0 Å². The van der Waals surface area contributed by atoms with Crippen molar-refractivity contribution in [3.05, 3.63) is 0 Å². The summed E-state index contributed by atoms with van der Waals surface area (Å²) in [4.78, 5) is 12.3. The van der Waals surface area contributed by atoms with Crippen LogP contribution in [0.25, 0.3) is 0 Å². The minimum absolute atomic E-state index is 0.000648. The van der Waals surface area contributed by atoms with Crippen LogP contribution in [-0.4, -0.2) is 18.5 Å². The molecule has 4 atom stereocenters. The van der Waals surface area contributed by atoms with E-state index >= 15 is 0 Å². The Bertz CT molecular complexity index is 387. The Morgan fingerprint density at radius 3 is 2.50 bits per heavy atom. The van der Waals surface area contributed by atoms with Crippen molar-refractivity contribution in [2.24, 2.45) is 22.7 Å². The molecular weight excluding hydrogens is 224 g/mol. The molecule has 3 fully saturated rings. The summed E-state index contributed by atoms with van der Waals surface area (Å²) < 4.78 is 6.02. The molecule has 2 nitrogen and oxygen atoms in total. The molecule has 0 radical (unpaired) electrons. The number of fused-ring (bicyclic) bond motifs is 4. The zero-order chi connectivity index (χ0) is 13.2. The van der Waals surface area contributed by atoms with Crippen molar-refractivity contribution in [2.45, 2.75) is 64.9 Å². The fourth-order valence-corrected chi connectivity index (χ4v) is 5.21. The van der Waals surface area contributed by atoms with Crippen molar-refractivity contribution in [1.29, 1.82) is 0 Å². The number of hydrogen-bond donors (Lipinski definition) is 0. The second kappa shape index (κ2) is 3.59. The zero-order valence-corrected chi connectivity index (χ0v) is 12.2. The highest BCUT2D eigenvalue weighted by Gasteiger charge is 2.62. The summed E-state index contributed by atoms with van der Waals surface area (Å²) in [6.45, 7) is 6.95. The first kappa shape index (κ1) is 12.7. The lowest BCUT2D eigenvalue weighted by Gasteiger charge is -2.59. The third-order valence-corrected chi connectivity index (χ3v) is 6.46. The fourth-order valence-electron chi connectivity index (χ4n) is 5.21. The highest BCUT2D eigenvalue weighted by atomic mass is 16.5. The number of carbonyl (C=O) groups is 1. The molecule has 0 amide bonds. The summed E-state index contributed by atoms with van der Waals surface area (Å²) in [5.41, 5.74) is 0.341. The number of ketones is 1. The quantitative estimate of drug-likeness (QED) is 0.711. The van der Waals surface area contributed by atoms with Crippen LogP contribution in [0.1, 0.15) is 59.3 Å². The Hall–Kier alpha value is -0.370. The molecule has 0 heterocycles. The number of methoxy groups -OCH3 is 1. The van der Waals surface area contributed by atoms with Gasteiger partial charge in [-0.2, -0.15) is 0 Å². The first-order chi connectivity index (χ1) is 8.33. The number of Topliss-reactive ketones (excluding diaryl/α,β-unsaturated/α-hetero) is 1. The Kier molecular flexibility index (Phi) is 2.53. The number of hydrogen-bond acceptors (Lipinski definition) is 2. The van der Waals surface area contributed by atoms with Gasteiger partial charge in [-0.1, -0.05) is 20.8 Å². The second-order valence-corrected chi connectivity index (χ2v) is 7.87. The Morgan fingerprint density at radius 2 is 1.89 bits per heavy atom. The van der Waals surface area contributed by atoms with Crippen molar-refractivity contribution >= 4 is 5.78 Å². The standard InChI is InChI=1S/C16H26O2/c1-14(2)9-12-11(14)5-7-15(3)10-16(12,18-4)8-6-13(15)17/h11-12H,5-10H2,1-4H3. The fraction of sp³-hybridized carbons (Fsp3) is 0.938. The first-order valence-electron chi connectivity index (χ1n) is 7.41. The zero-order valence-electron chi connectivity index (χ0n) is 12.2. The summed E-state index contributed by atoms with van der Waals surface area (Å²) >= 11 is 0. The van der Waals surface area contributed by atoms with Crippen molar-refractivity contribution in [2.75, 3.05) is 7.11 Å². The van der Waals surface area contributed by atoms with Crippen LogP contribution in [-0.2, 0) is 9.53 Å². The SMILES string of the molecule is COC12CCC(=O)C(C)(CCC3C1CC3(C)C)C2. The third kappa shape index (κ3) is 1.47. The van der Waals surface area contributed by atoms with Gasteiger partial charge in [-0.05, 0) is 49.4 Å². The molecule has 3 rings (SSSR count). The smallest absolute Gasteiger partial charge is 0.138 e. The van der Waals surface area contributed by atoms with E-state index in [9.17, 15) is 4.79 Å². The van der Waals surface area contributed by atoms with E-state index in [2.05, 4.69) is 20.8 Å². The van der Waals surface area contributed by atoms with Crippen LogP contribution in [0, 0.1) is 22.7 Å². The number of carbonyl (C=O) groups excluding carboxylic acids is 1. The monoisotopic (exact) mass is 250 g/mol. The number of rotatable bonds is 1. The third-order valence-electron chi connectivity index (χ3n) is 6.46. The van der Waals surface area contributed by atoms with Gasteiger partial charge in [0.15, 0.2) is 0 Å². The molecule has 2 heteroatoms. The molecule has 4 unspecified atom stereocenters. The average Bonchev–Trinajstić information content (AvgIpc) is 2.39. The highest BCUT2D eigenvalue weighted by molar-refractivity contribution is 5.85. The molecule has 0 spiro atoms. The predicted molar refractivity (Wildman–Crippen MR) is 71.3 cm³/mol. The van der Waals surface area contributed by atoms with E-state index in [0.29, 0.717) is 17.1 Å². The van der Waals surface area contributed by atoms with Gasteiger partial charge in [-0.3, -0.25) is 4.79 Å². The van der Waals surface area contributed by atoms with Crippen molar-refractivity contribution < 1.29 is 9.53 Å². The first-order valence-corrected chi connectivity index (χ1v) is 7.41. The molecule has 3 aliphatic carbocycles. The van der Waals surface area contributed by atoms with Gasteiger partial charge in [0.05, 0.1) is 5.60 Å². The summed E-state index contributed by atoms with van der Waals surface area (Å²) in [7, 11) is 1.86. The van der Waals surface area contributed by atoms with Gasteiger partial charge in [0.2, 0.25) is 0 Å². The summed E-state index contributed by atoms with van der Waals surface area (Å²) in [5.74, 6) is 1.92. The summed E-state index contributed by atoms with van der Waals surface area (Å²) in [6.07, 6.45) is 6.21. The van der Waals surface area contributed by atoms with Gasteiger partial charge in [0.25, 0.3) is 0 Å². The largest absolute Gasteiger partial charge is 0.378 e. The maximum Gasteiger partial charge on any atom is 0.138 e. The molecule has 0 aromatic carbocycles. The van der Waals surface area contributed by atoms with Crippen LogP contribution < -0.4 is 0 Å². The lowest BCUT2D eigenvalue weighted by Crippen LogP contribution is -2.58. The highest BCUT2D eigenvalue weighted by Crippen LogP contribution is 2.64. The maximum absolute atomic E-state index is 12.3. The maximum atomic E-state index is 12.3. The lowest BCUT2D eigenvalue weighted by molar-refractivity contribution is -0.181. The Morgan fingerprint density at radius 1 is 1.17 bits per heavy atom.